The first kappa shape index (κ1) is 13.9. The van der Waals surface area contributed by atoms with E-state index in [9.17, 15) is 0 Å². The van der Waals surface area contributed by atoms with Crippen LogP contribution in [0.25, 0.3) is 0 Å². The molecule has 2 nitrogen and oxygen atoms in total. The Kier molecular flexibility index (Phi) is 7.20. The van der Waals surface area contributed by atoms with Crippen molar-refractivity contribution in [1.29, 1.82) is 0 Å². The number of aliphatic hydroxyl groups excluding tert-OH is 1. The second kappa shape index (κ2) is 7.24. The van der Waals surface area contributed by atoms with Crippen molar-refractivity contribution in [3.05, 3.63) is 0 Å². The van der Waals surface area contributed by atoms with Gasteiger partial charge in [-0.3, -0.25) is 0 Å². The standard InChI is InChI=1S/C12H27NO/c1-4-7-8-11(9-10-14)12(13,5-2)6-3/h11,14H,4-10,13H2,1-3H3. The molecule has 0 aliphatic rings. The van der Waals surface area contributed by atoms with E-state index in [2.05, 4.69) is 20.8 Å². The molecule has 0 bridgehead atoms. The zero-order chi connectivity index (χ0) is 11.0. The fraction of sp³-hybridized carbons (Fsp3) is 1.00. The Morgan fingerprint density at radius 2 is 1.71 bits per heavy atom. The van der Waals surface area contributed by atoms with E-state index in [-0.39, 0.29) is 12.1 Å². The Balaban J connectivity index is 4.27. The molecule has 86 valence electrons. The number of unbranched alkanes of at least 4 members (excludes halogenated alkanes) is 1. The van der Waals surface area contributed by atoms with E-state index in [0.29, 0.717) is 5.92 Å². The zero-order valence-corrected chi connectivity index (χ0v) is 10.1. The van der Waals surface area contributed by atoms with Crippen molar-refractivity contribution in [2.45, 2.75) is 64.8 Å². The normalized spacial score (nSPS) is 14.4. The van der Waals surface area contributed by atoms with Crippen molar-refractivity contribution in [2.24, 2.45) is 11.7 Å². The summed E-state index contributed by atoms with van der Waals surface area (Å²) in [5, 5.41) is 9.03. The monoisotopic (exact) mass is 201 g/mol. The highest BCUT2D eigenvalue weighted by Gasteiger charge is 2.30. The second-order valence-corrected chi connectivity index (χ2v) is 4.29. The van der Waals surface area contributed by atoms with Crippen molar-refractivity contribution >= 4 is 0 Å². The van der Waals surface area contributed by atoms with Gasteiger partial charge in [0.1, 0.15) is 0 Å². The van der Waals surface area contributed by atoms with Crippen molar-refractivity contribution in [3.63, 3.8) is 0 Å². The third-order valence-corrected chi connectivity index (χ3v) is 3.51. The highest BCUT2D eigenvalue weighted by molar-refractivity contribution is 4.88. The largest absolute Gasteiger partial charge is 0.396 e. The van der Waals surface area contributed by atoms with Crippen LogP contribution in [0, 0.1) is 5.92 Å². The van der Waals surface area contributed by atoms with E-state index in [4.69, 9.17) is 10.8 Å². The van der Waals surface area contributed by atoms with E-state index in [1.54, 1.807) is 0 Å². The number of rotatable bonds is 8. The summed E-state index contributed by atoms with van der Waals surface area (Å²) < 4.78 is 0. The van der Waals surface area contributed by atoms with Crippen LogP contribution in [0.15, 0.2) is 0 Å². The lowest BCUT2D eigenvalue weighted by Crippen LogP contribution is -2.46. The summed E-state index contributed by atoms with van der Waals surface area (Å²) in [7, 11) is 0. The minimum absolute atomic E-state index is 0.0576. The minimum atomic E-state index is -0.0576. The molecule has 0 aliphatic carbocycles. The van der Waals surface area contributed by atoms with E-state index in [1.165, 1.54) is 12.8 Å². The van der Waals surface area contributed by atoms with Gasteiger partial charge in [0.05, 0.1) is 0 Å². The van der Waals surface area contributed by atoms with Crippen molar-refractivity contribution < 1.29 is 5.11 Å². The van der Waals surface area contributed by atoms with Crippen LogP contribution >= 0.6 is 0 Å². The van der Waals surface area contributed by atoms with E-state index in [0.717, 1.165) is 25.7 Å². The number of hydrogen-bond donors (Lipinski definition) is 2. The summed E-state index contributed by atoms with van der Waals surface area (Å²) in [4.78, 5) is 0. The lowest BCUT2D eigenvalue weighted by molar-refractivity contribution is 0.173. The molecule has 0 spiro atoms. The number of hydrogen-bond acceptors (Lipinski definition) is 2. The maximum Gasteiger partial charge on any atom is 0.0434 e. The summed E-state index contributed by atoms with van der Waals surface area (Å²) in [6, 6.07) is 0. The Morgan fingerprint density at radius 1 is 1.14 bits per heavy atom. The lowest BCUT2D eigenvalue weighted by atomic mass is 9.76. The third-order valence-electron chi connectivity index (χ3n) is 3.51. The molecule has 0 fully saturated rings. The van der Waals surface area contributed by atoms with Gasteiger partial charge in [0.15, 0.2) is 0 Å². The van der Waals surface area contributed by atoms with Crippen LogP contribution in [0.3, 0.4) is 0 Å². The summed E-state index contributed by atoms with van der Waals surface area (Å²) >= 11 is 0. The Bertz CT molecular complexity index is 132. The van der Waals surface area contributed by atoms with Gasteiger partial charge >= 0.3 is 0 Å². The van der Waals surface area contributed by atoms with Crippen LogP contribution in [0.4, 0.5) is 0 Å². The topological polar surface area (TPSA) is 46.2 Å². The van der Waals surface area contributed by atoms with E-state index in [1.807, 2.05) is 0 Å². The van der Waals surface area contributed by atoms with Crippen LogP contribution < -0.4 is 5.73 Å². The second-order valence-electron chi connectivity index (χ2n) is 4.29. The van der Waals surface area contributed by atoms with Crippen LogP contribution in [-0.2, 0) is 0 Å². The average Bonchev–Trinajstić information content (AvgIpc) is 2.23. The first-order valence-electron chi connectivity index (χ1n) is 6.04. The number of aliphatic hydroxyl groups is 1. The first-order chi connectivity index (χ1) is 6.64. The van der Waals surface area contributed by atoms with Crippen LogP contribution in [0.1, 0.15) is 59.3 Å². The van der Waals surface area contributed by atoms with Gasteiger partial charge in [0.25, 0.3) is 0 Å². The molecule has 3 N–H and O–H groups in total. The van der Waals surface area contributed by atoms with Crippen LogP contribution in [0.5, 0.6) is 0 Å². The van der Waals surface area contributed by atoms with Gasteiger partial charge in [0, 0.05) is 12.1 Å². The SMILES string of the molecule is CCCCC(CCO)C(N)(CC)CC. The molecule has 0 saturated carbocycles. The molecule has 14 heavy (non-hydrogen) atoms. The minimum Gasteiger partial charge on any atom is -0.396 e. The Hall–Kier alpha value is -0.0800. The molecule has 0 aromatic heterocycles. The zero-order valence-electron chi connectivity index (χ0n) is 10.1. The summed E-state index contributed by atoms with van der Waals surface area (Å²) in [6.07, 6.45) is 6.48. The predicted molar refractivity (Wildman–Crippen MR) is 62.2 cm³/mol. The predicted octanol–water partition coefficient (Wildman–Crippen LogP) is 2.69. The summed E-state index contributed by atoms with van der Waals surface area (Å²) in [5.74, 6) is 0.488. The van der Waals surface area contributed by atoms with Gasteiger partial charge in [-0.25, -0.2) is 0 Å². The maximum absolute atomic E-state index is 9.03. The van der Waals surface area contributed by atoms with Gasteiger partial charge < -0.3 is 10.8 Å². The summed E-state index contributed by atoms with van der Waals surface area (Å²) in [6.45, 7) is 6.78. The molecular weight excluding hydrogens is 174 g/mol. The molecule has 1 atom stereocenters. The highest BCUT2D eigenvalue weighted by atomic mass is 16.3. The Morgan fingerprint density at radius 3 is 2.07 bits per heavy atom. The molecule has 0 heterocycles. The molecule has 1 unspecified atom stereocenters. The van der Waals surface area contributed by atoms with E-state index < -0.39 is 0 Å². The van der Waals surface area contributed by atoms with Gasteiger partial charge in [-0.1, -0.05) is 33.6 Å². The fourth-order valence-corrected chi connectivity index (χ4v) is 2.15. The fourth-order valence-electron chi connectivity index (χ4n) is 2.15. The lowest BCUT2D eigenvalue weighted by Gasteiger charge is -2.36. The average molecular weight is 201 g/mol. The smallest absolute Gasteiger partial charge is 0.0434 e. The maximum atomic E-state index is 9.03. The van der Waals surface area contributed by atoms with Crippen molar-refractivity contribution in [3.8, 4) is 0 Å². The van der Waals surface area contributed by atoms with Gasteiger partial charge in [-0.2, -0.15) is 0 Å². The highest BCUT2D eigenvalue weighted by Crippen LogP contribution is 2.29. The Labute approximate surface area is 88.9 Å². The van der Waals surface area contributed by atoms with Gasteiger partial charge in [0.2, 0.25) is 0 Å². The van der Waals surface area contributed by atoms with E-state index >= 15 is 0 Å². The third kappa shape index (κ3) is 3.97. The molecule has 0 aromatic rings. The molecule has 2 heteroatoms. The molecule has 0 amide bonds. The van der Waals surface area contributed by atoms with Crippen LogP contribution in [0.2, 0.25) is 0 Å². The number of nitrogens with two attached hydrogens (primary N) is 1. The molecular formula is C12H27NO. The quantitative estimate of drug-likeness (QED) is 0.634. The van der Waals surface area contributed by atoms with Gasteiger partial charge in [-0.05, 0) is 31.6 Å². The molecule has 0 rings (SSSR count). The van der Waals surface area contributed by atoms with Crippen molar-refractivity contribution in [2.75, 3.05) is 6.61 Å². The first-order valence-corrected chi connectivity index (χ1v) is 6.04. The molecule has 0 saturated heterocycles. The van der Waals surface area contributed by atoms with Crippen LogP contribution in [-0.4, -0.2) is 17.3 Å². The molecule has 0 aliphatic heterocycles. The van der Waals surface area contributed by atoms with Gasteiger partial charge in [-0.15, -0.1) is 0 Å². The molecule has 0 aromatic carbocycles. The van der Waals surface area contributed by atoms with Crippen molar-refractivity contribution in [1.82, 2.24) is 0 Å². The summed E-state index contributed by atoms with van der Waals surface area (Å²) in [5.41, 5.74) is 6.30. The molecule has 0 radical (unpaired) electrons.